The van der Waals surface area contributed by atoms with Crippen LogP contribution in [0.1, 0.15) is 5.56 Å². The van der Waals surface area contributed by atoms with Gasteiger partial charge in [-0.25, -0.2) is 0 Å². The number of rotatable bonds is 2. The van der Waals surface area contributed by atoms with E-state index < -0.39 is 0 Å². The Morgan fingerprint density at radius 2 is 1.26 bits per heavy atom. The maximum absolute atomic E-state index is 2.38. The molecule has 0 bridgehead atoms. The molecule has 2 heteroatoms. The lowest BCUT2D eigenvalue weighted by Gasteiger charge is -2.33. The van der Waals surface area contributed by atoms with Crippen LogP contribution in [0.25, 0.3) is 11.1 Å². The largest absolute Gasteiger partial charge is 0.308 e. The van der Waals surface area contributed by atoms with Gasteiger partial charge in [0.1, 0.15) is 0 Å². The summed E-state index contributed by atoms with van der Waals surface area (Å²) in [6, 6.07) is 34.7. The van der Waals surface area contributed by atoms with E-state index >= 15 is 0 Å². The maximum Gasteiger partial charge on any atom is 0.0604 e. The third kappa shape index (κ3) is 2.92. The highest BCUT2D eigenvalue weighted by molar-refractivity contribution is 7.99. The smallest absolute Gasteiger partial charge is 0.0604 e. The van der Waals surface area contributed by atoms with Crippen LogP contribution in [-0.4, -0.2) is 0 Å². The van der Waals surface area contributed by atoms with Gasteiger partial charge in [0.2, 0.25) is 0 Å². The molecule has 0 radical (unpaired) electrons. The average Bonchev–Trinajstić information content (AvgIpc) is 2.73. The molecule has 0 aromatic heterocycles. The Bertz CT molecular complexity index is 1100. The van der Waals surface area contributed by atoms with E-state index in [-0.39, 0.29) is 0 Å². The van der Waals surface area contributed by atoms with Gasteiger partial charge in [0.05, 0.1) is 11.4 Å². The first-order valence-corrected chi connectivity index (χ1v) is 9.94. The zero-order valence-electron chi connectivity index (χ0n) is 15.1. The van der Waals surface area contributed by atoms with Gasteiger partial charge in [0.25, 0.3) is 0 Å². The fourth-order valence-electron chi connectivity index (χ4n) is 3.58. The van der Waals surface area contributed by atoms with Crippen molar-refractivity contribution in [2.75, 3.05) is 4.90 Å². The number of hydrogen-bond acceptors (Lipinski definition) is 2. The molecule has 0 atom stereocenters. The normalized spacial score (nSPS) is 12.4. The highest BCUT2D eigenvalue weighted by Gasteiger charge is 2.24. The maximum atomic E-state index is 2.38. The van der Waals surface area contributed by atoms with Crippen LogP contribution in [0.3, 0.4) is 0 Å². The fraction of sp³-hybridized carbons (Fsp3) is 0.0400. The third-order valence-corrected chi connectivity index (χ3v) is 6.04. The Morgan fingerprint density at radius 1 is 0.593 bits per heavy atom. The van der Waals surface area contributed by atoms with E-state index in [9.17, 15) is 0 Å². The van der Waals surface area contributed by atoms with Crippen molar-refractivity contribution in [1.82, 2.24) is 0 Å². The molecule has 4 aromatic rings. The average molecular weight is 366 g/mol. The molecule has 1 heterocycles. The number of hydrogen-bond donors (Lipinski definition) is 0. The van der Waals surface area contributed by atoms with Gasteiger partial charge in [-0.15, -0.1) is 0 Å². The van der Waals surface area contributed by atoms with E-state index in [2.05, 4.69) is 109 Å². The first-order chi connectivity index (χ1) is 13.3. The number of nitrogens with zero attached hydrogens (tertiary/aromatic N) is 1. The Kier molecular flexibility index (Phi) is 3.99. The second kappa shape index (κ2) is 6.64. The van der Waals surface area contributed by atoms with Crippen molar-refractivity contribution in [3.63, 3.8) is 0 Å². The number of fused-ring (bicyclic) bond motifs is 2. The highest BCUT2D eigenvalue weighted by atomic mass is 32.2. The molecule has 130 valence electrons. The molecule has 0 N–H and O–H groups in total. The zero-order chi connectivity index (χ0) is 18.2. The molecule has 4 aromatic carbocycles. The molecule has 0 saturated carbocycles. The van der Waals surface area contributed by atoms with Gasteiger partial charge in [-0.3, -0.25) is 0 Å². The van der Waals surface area contributed by atoms with E-state index in [1.54, 1.807) is 0 Å². The molecule has 0 amide bonds. The van der Waals surface area contributed by atoms with Crippen LogP contribution in [0.2, 0.25) is 0 Å². The molecular formula is C25H19NS. The van der Waals surface area contributed by atoms with Crippen LogP contribution in [0.15, 0.2) is 107 Å². The van der Waals surface area contributed by atoms with Gasteiger partial charge < -0.3 is 4.90 Å². The third-order valence-electron chi connectivity index (χ3n) is 4.91. The topological polar surface area (TPSA) is 3.24 Å². The summed E-state index contributed by atoms with van der Waals surface area (Å²) < 4.78 is 0. The van der Waals surface area contributed by atoms with Crippen molar-refractivity contribution >= 4 is 28.8 Å². The molecule has 5 rings (SSSR count). The number of benzene rings is 4. The molecule has 27 heavy (non-hydrogen) atoms. The van der Waals surface area contributed by atoms with Gasteiger partial charge in [0, 0.05) is 15.5 Å². The van der Waals surface area contributed by atoms with Gasteiger partial charge in [-0.1, -0.05) is 72.4 Å². The van der Waals surface area contributed by atoms with Crippen molar-refractivity contribution < 1.29 is 0 Å². The van der Waals surface area contributed by atoms with E-state index in [1.807, 2.05) is 11.8 Å². The van der Waals surface area contributed by atoms with Crippen molar-refractivity contribution in [2.45, 2.75) is 16.7 Å². The predicted molar refractivity (Wildman–Crippen MR) is 115 cm³/mol. The summed E-state index contributed by atoms with van der Waals surface area (Å²) in [6.07, 6.45) is 0. The first-order valence-electron chi connectivity index (χ1n) is 9.13. The summed E-state index contributed by atoms with van der Waals surface area (Å²) >= 11 is 1.85. The minimum absolute atomic E-state index is 1.19. The first kappa shape index (κ1) is 16.2. The summed E-state index contributed by atoms with van der Waals surface area (Å²) in [6.45, 7) is 2.15. The second-order valence-corrected chi connectivity index (χ2v) is 7.87. The van der Waals surface area contributed by atoms with Gasteiger partial charge in [0.15, 0.2) is 0 Å². The minimum Gasteiger partial charge on any atom is -0.308 e. The molecule has 0 aliphatic carbocycles. The fourth-order valence-corrected chi connectivity index (χ4v) is 4.61. The van der Waals surface area contributed by atoms with Crippen LogP contribution in [0, 0.1) is 6.92 Å². The molecular weight excluding hydrogens is 346 g/mol. The Morgan fingerprint density at radius 3 is 2.07 bits per heavy atom. The lowest BCUT2D eigenvalue weighted by Crippen LogP contribution is -2.14. The molecule has 1 nitrogen and oxygen atoms in total. The Labute approximate surface area is 164 Å². The molecule has 1 aliphatic rings. The number of para-hydroxylation sites is 1. The lowest BCUT2D eigenvalue weighted by molar-refractivity contribution is 1.16. The standard InChI is InChI=1S/C25H19NS/c1-18-11-16-25-23(17-18)26(22-9-5-6-10-24(22)27-25)21-14-12-20(13-15-21)19-7-3-2-4-8-19/h2-17H,1H3. The summed E-state index contributed by atoms with van der Waals surface area (Å²) in [4.78, 5) is 4.97. The van der Waals surface area contributed by atoms with Crippen LogP contribution >= 0.6 is 11.8 Å². The summed E-state index contributed by atoms with van der Waals surface area (Å²) in [5, 5.41) is 0. The summed E-state index contributed by atoms with van der Waals surface area (Å²) in [5.74, 6) is 0. The van der Waals surface area contributed by atoms with Gasteiger partial charge in [-0.2, -0.15) is 0 Å². The lowest BCUT2D eigenvalue weighted by atomic mass is 10.0. The molecule has 0 saturated heterocycles. The second-order valence-electron chi connectivity index (χ2n) is 6.79. The van der Waals surface area contributed by atoms with Crippen molar-refractivity contribution in [3.8, 4) is 11.1 Å². The Balaban J connectivity index is 1.63. The van der Waals surface area contributed by atoms with E-state index in [4.69, 9.17) is 0 Å². The van der Waals surface area contributed by atoms with Crippen molar-refractivity contribution in [2.24, 2.45) is 0 Å². The van der Waals surface area contributed by atoms with E-state index in [0.29, 0.717) is 0 Å². The quantitative estimate of drug-likeness (QED) is 0.317. The van der Waals surface area contributed by atoms with E-state index in [1.165, 1.54) is 43.5 Å². The monoisotopic (exact) mass is 365 g/mol. The highest BCUT2D eigenvalue weighted by Crippen LogP contribution is 2.51. The molecule has 1 aliphatic heterocycles. The van der Waals surface area contributed by atoms with Crippen LogP contribution in [-0.2, 0) is 0 Å². The molecule has 0 fully saturated rings. The van der Waals surface area contributed by atoms with Crippen LogP contribution in [0.5, 0.6) is 0 Å². The molecule has 0 unspecified atom stereocenters. The summed E-state index contributed by atoms with van der Waals surface area (Å²) in [7, 11) is 0. The van der Waals surface area contributed by atoms with Gasteiger partial charge in [-0.05, 0) is 60.0 Å². The summed E-state index contributed by atoms with van der Waals surface area (Å²) in [5.41, 5.74) is 7.45. The van der Waals surface area contributed by atoms with E-state index in [0.717, 1.165) is 0 Å². The van der Waals surface area contributed by atoms with Gasteiger partial charge >= 0.3 is 0 Å². The SMILES string of the molecule is Cc1ccc2c(c1)N(c1ccc(-c3ccccc3)cc1)c1ccccc1S2. The zero-order valence-corrected chi connectivity index (χ0v) is 15.9. The van der Waals surface area contributed by atoms with Crippen molar-refractivity contribution in [3.05, 3.63) is 103 Å². The van der Waals surface area contributed by atoms with Crippen LogP contribution < -0.4 is 4.90 Å². The molecule has 0 spiro atoms. The number of aryl methyl sites for hydroxylation is 1. The number of anilines is 3. The van der Waals surface area contributed by atoms with Crippen LogP contribution in [0.4, 0.5) is 17.1 Å². The predicted octanol–water partition coefficient (Wildman–Crippen LogP) is 7.60. The Hall–Kier alpha value is -2.97. The minimum atomic E-state index is 1.19. The van der Waals surface area contributed by atoms with Crippen molar-refractivity contribution in [1.29, 1.82) is 0 Å².